The summed E-state index contributed by atoms with van der Waals surface area (Å²) in [6.45, 7) is 1.59. The van der Waals surface area contributed by atoms with Gasteiger partial charge in [-0.25, -0.2) is 0 Å². The van der Waals surface area contributed by atoms with Crippen LogP contribution in [-0.2, 0) is 4.79 Å². The average molecular weight is 244 g/mol. The molecule has 8 heavy (non-hydrogen) atoms. The normalized spacial score (nSPS) is 13.4. The number of Topliss-reactive ketones (excluding diaryl/α,β-unsaturated/α-hetero) is 1. The Balaban J connectivity index is 3.32. The van der Waals surface area contributed by atoms with Gasteiger partial charge in [0, 0.05) is 5.33 Å². The summed E-state index contributed by atoms with van der Waals surface area (Å²) in [4.78, 5) is 10.5. The number of carbonyl (C=O) groups is 1. The summed E-state index contributed by atoms with van der Waals surface area (Å²) in [6, 6.07) is 0. The third kappa shape index (κ3) is 3.61. The summed E-state index contributed by atoms with van der Waals surface area (Å²) in [5, 5.41) is 0.877. The molecular formula is C5H8Br2O. The largest absolute Gasteiger partial charge is 0.299 e. The van der Waals surface area contributed by atoms with Crippen LogP contribution in [0.25, 0.3) is 0 Å². The topological polar surface area (TPSA) is 17.1 Å². The van der Waals surface area contributed by atoms with Crippen LogP contribution in [0.2, 0.25) is 0 Å². The van der Waals surface area contributed by atoms with Crippen molar-refractivity contribution in [3.8, 4) is 0 Å². The lowest BCUT2D eigenvalue weighted by Gasteiger charge is -1.99. The summed E-state index contributed by atoms with van der Waals surface area (Å²) in [6.07, 6.45) is 0.870. The Labute approximate surface area is 66.1 Å². The second kappa shape index (κ2) is 4.50. The molecule has 1 nitrogen and oxygen atoms in total. The molecule has 0 heterocycles. The Bertz CT molecular complexity index is 82.5. The van der Waals surface area contributed by atoms with Gasteiger partial charge in [0.15, 0.2) is 0 Å². The second-order valence-electron chi connectivity index (χ2n) is 1.56. The SMILES string of the molecule is CC(=O)C(Br)CCBr. The molecule has 0 aliphatic heterocycles. The van der Waals surface area contributed by atoms with Crippen LogP contribution in [0.15, 0.2) is 0 Å². The molecule has 0 saturated carbocycles. The highest BCUT2D eigenvalue weighted by Gasteiger charge is 2.06. The first kappa shape index (κ1) is 8.63. The van der Waals surface area contributed by atoms with Gasteiger partial charge >= 0.3 is 0 Å². The van der Waals surface area contributed by atoms with Crippen molar-refractivity contribution in [2.45, 2.75) is 18.2 Å². The number of hydrogen-bond donors (Lipinski definition) is 0. The Morgan fingerprint density at radius 2 is 2.25 bits per heavy atom. The van der Waals surface area contributed by atoms with Gasteiger partial charge in [0.05, 0.1) is 4.83 Å². The number of alkyl halides is 2. The lowest BCUT2D eigenvalue weighted by Crippen LogP contribution is -2.09. The molecule has 0 rings (SSSR count). The number of hydrogen-bond acceptors (Lipinski definition) is 1. The number of carbonyl (C=O) groups excluding carboxylic acids is 1. The van der Waals surface area contributed by atoms with Crippen molar-refractivity contribution in [1.82, 2.24) is 0 Å². The van der Waals surface area contributed by atoms with Crippen LogP contribution in [0.1, 0.15) is 13.3 Å². The monoisotopic (exact) mass is 242 g/mol. The molecule has 0 fully saturated rings. The fourth-order valence-electron chi connectivity index (χ4n) is 0.299. The summed E-state index contributed by atoms with van der Waals surface area (Å²) in [5.41, 5.74) is 0. The molecule has 0 amide bonds. The van der Waals surface area contributed by atoms with Gasteiger partial charge in [-0.1, -0.05) is 31.9 Å². The van der Waals surface area contributed by atoms with E-state index >= 15 is 0 Å². The van der Waals surface area contributed by atoms with E-state index in [1.807, 2.05) is 0 Å². The van der Waals surface area contributed by atoms with E-state index in [1.165, 1.54) is 0 Å². The van der Waals surface area contributed by atoms with Gasteiger partial charge in [-0.05, 0) is 13.3 Å². The molecular weight excluding hydrogens is 236 g/mol. The maximum atomic E-state index is 10.5. The second-order valence-corrected chi connectivity index (χ2v) is 3.45. The predicted molar refractivity (Wildman–Crippen MR) is 41.8 cm³/mol. The molecule has 0 aromatic carbocycles. The zero-order valence-electron chi connectivity index (χ0n) is 4.66. The third-order valence-corrected chi connectivity index (χ3v) is 2.36. The first-order chi connectivity index (χ1) is 3.68. The van der Waals surface area contributed by atoms with Crippen LogP contribution in [-0.4, -0.2) is 15.9 Å². The van der Waals surface area contributed by atoms with E-state index in [2.05, 4.69) is 31.9 Å². The summed E-state index contributed by atoms with van der Waals surface area (Å²) < 4.78 is 0. The number of rotatable bonds is 3. The smallest absolute Gasteiger partial charge is 0.143 e. The fourth-order valence-corrected chi connectivity index (χ4v) is 1.60. The van der Waals surface area contributed by atoms with E-state index in [1.54, 1.807) is 6.92 Å². The molecule has 0 aromatic heterocycles. The summed E-state index contributed by atoms with van der Waals surface area (Å²) >= 11 is 6.46. The predicted octanol–water partition coefficient (Wildman–Crippen LogP) is 2.12. The number of halogens is 2. The Kier molecular flexibility index (Phi) is 4.86. The van der Waals surface area contributed by atoms with Gasteiger partial charge in [-0.15, -0.1) is 0 Å². The van der Waals surface area contributed by atoms with Crippen LogP contribution in [0, 0.1) is 0 Å². The quantitative estimate of drug-likeness (QED) is 0.695. The standard InChI is InChI=1S/C5H8Br2O/c1-4(8)5(7)2-3-6/h5H,2-3H2,1H3. The molecule has 0 spiro atoms. The molecule has 3 heteroatoms. The van der Waals surface area contributed by atoms with Gasteiger partial charge < -0.3 is 0 Å². The van der Waals surface area contributed by atoms with Crippen molar-refractivity contribution in [2.75, 3.05) is 5.33 Å². The van der Waals surface area contributed by atoms with E-state index in [-0.39, 0.29) is 10.6 Å². The molecule has 48 valence electrons. The zero-order valence-corrected chi connectivity index (χ0v) is 7.83. The van der Waals surface area contributed by atoms with Crippen LogP contribution in [0.5, 0.6) is 0 Å². The lowest BCUT2D eigenvalue weighted by atomic mass is 10.3. The average Bonchev–Trinajstić information content (AvgIpc) is 1.67. The van der Waals surface area contributed by atoms with Gasteiger partial charge in [0.1, 0.15) is 5.78 Å². The highest BCUT2D eigenvalue weighted by atomic mass is 79.9. The zero-order chi connectivity index (χ0) is 6.57. The van der Waals surface area contributed by atoms with Crippen LogP contribution >= 0.6 is 31.9 Å². The first-order valence-corrected chi connectivity index (χ1v) is 4.42. The maximum Gasteiger partial charge on any atom is 0.143 e. The van der Waals surface area contributed by atoms with Crippen molar-refractivity contribution >= 4 is 37.6 Å². The highest BCUT2D eigenvalue weighted by Crippen LogP contribution is 2.07. The van der Waals surface area contributed by atoms with E-state index in [4.69, 9.17) is 0 Å². The van der Waals surface area contributed by atoms with Crippen molar-refractivity contribution in [2.24, 2.45) is 0 Å². The van der Waals surface area contributed by atoms with Gasteiger partial charge in [-0.2, -0.15) is 0 Å². The van der Waals surface area contributed by atoms with Crippen molar-refractivity contribution < 1.29 is 4.79 Å². The van der Waals surface area contributed by atoms with Gasteiger partial charge in [0.25, 0.3) is 0 Å². The fraction of sp³-hybridized carbons (Fsp3) is 0.800. The minimum absolute atomic E-state index is 0.0434. The van der Waals surface area contributed by atoms with E-state index < -0.39 is 0 Å². The van der Waals surface area contributed by atoms with E-state index in [0.29, 0.717) is 0 Å². The molecule has 0 N–H and O–H groups in total. The molecule has 0 aliphatic rings. The highest BCUT2D eigenvalue weighted by molar-refractivity contribution is 9.10. The van der Waals surface area contributed by atoms with E-state index in [9.17, 15) is 4.79 Å². The van der Waals surface area contributed by atoms with Crippen molar-refractivity contribution in [1.29, 1.82) is 0 Å². The van der Waals surface area contributed by atoms with Crippen molar-refractivity contribution in [3.05, 3.63) is 0 Å². The van der Waals surface area contributed by atoms with Crippen LogP contribution < -0.4 is 0 Å². The molecule has 0 radical (unpaired) electrons. The molecule has 0 aromatic rings. The summed E-state index contributed by atoms with van der Waals surface area (Å²) in [7, 11) is 0. The Morgan fingerprint density at radius 1 is 1.75 bits per heavy atom. The number of ketones is 1. The minimum atomic E-state index is 0.0434. The third-order valence-electron chi connectivity index (χ3n) is 0.804. The Hall–Kier alpha value is 0.630. The molecule has 1 atom stereocenters. The molecule has 0 aliphatic carbocycles. The van der Waals surface area contributed by atoms with E-state index in [0.717, 1.165) is 11.8 Å². The lowest BCUT2D eigenvalue weighted by molar-refractivity contribution is -0.116. The molecule has 0 bridgehead atoms. The van der Waals surface area contributed by atoms with Gasteiger partial charge in [-0.3, -0.25) is 4.79 Å². The minimum Gasteiger partial charge on any atom is -0.299 e. The summed E-state index contributed by atoms with van der Waals surface area (Å²) in [5.74, 6) is 0.199. The van der Waals surface area contributed by atoms with Crippen LogP contribution in [0.4, 0.5) is 0 Å². The maximum absolute atomic E-state index is 10.5. The molecule has 1 unspecified atom stereocenters. The van der Waals surface area contributed by atoms with Crippen LogP contribution in [0.3, 0.4) is 0 Å². The first-order valence-electron chi connectivity index (χ1n) is 2.39. The van der Waals surface area contributed by atoms with Crippen molar-refractivity contribution in [3.63, 3.8) is 0 Å². The Morgan fingerprint density at radius 3 is 2.38 bits per heavy atom. The van der Waals surface area contributed by atoms with Gasteiger partial charge in [0.2, 0.25) is 0 Å². The molecule has 0 saturated heterocycles.